The van der Waals surface area contributed by atoms with Crippen molar-refractivity contribution >= 4 is 40.6 Å². The van der Waals surface area contributed by atoms with Gasteiger partial charge in [-0.25, -0.2) is 0 Å². The van der Waals surface area contributed by atoms with Gasteiger partial charge in [-0.2, -0.15) is 0 Å². The zero-order valence-corrected chi connectivity index (χ0v) is 25.9. The molecule has 1 saturated heterocycles. The van der Waals surface area contributed by atoms with E-state index in [-0.39, 0.29) is 15.8 Å². The first-order valence-corrected chi connectivity index (χ1v) is 20.3. The molecule has 0 N–H and O–H groups in total. The summed E-state index contributed by atoms with van der Waals surface area (Å²) in [7, 11) is -3.17. The third-order valence-corrected chi connectivity index (χ3v) is 19.8. The number of hydrogen-bond donors (Lipinski definition) is 0. The second-order valence-electron chi connectivity index (χ2n) is 15.3. The van der Waals surface area contributed by atoms with Crippen LogP contribution in [0.3, 0.4) is 0 Å². The molecule has 0 saturated carbocycles. The first-order valence-electron chi connectivity index (χ1n) is 13.3. The number of hydrogen-bond acceptors (Lipinski definition) is 0. The molecule has 34 heavy (non-hydrogen) atoms. The van der Waals surface area contributed by atoms with Crippen molar-refractivity contribution in [3.63, 3.8) is 0 Å². The third-order valence-electron chi connectivity index (χ3n) is 9.13. The van der Waals surface area contributed by atoms with Gasteiger partial charge in [0.15, 0.2) is 6.71 Å². The minimum Gasteiger partial charge on any atom is -0.0699 e. The fraction of sp³-hybridized carbons (Fsp3) is 0.533. The van der Waals surface area contributed by atoms with E-state index in [9.17, 15) is 0 Å². The summed E-state index contributed by atoms with van der Waals surface area (Å²) in [5.74, 6) is 0. The van der Waals surface area contributed by atoms with Crippen LogP contribution in [0.2, 0.25) is 59.7 Å². The molecule has 0 amide bonds. The lowest BCUT2D eigenvalue weighted by Gasteiger charge is -2.57. The van der Waals surface area contributed by atoms with Gasteiger partial charge in [0, 0.05) is 16.1 Å². The van der Waals surface area contributed by atoms with Gasteiger partial charge in [0.1, 0.15) is 6.71 Å². The highest BCUT2D eigenvalue weighted by Crippen LogP contribution is 2.96. The van der Waals surface area contributed by atoms with Crippen LogP contribution in [0.1, 0.15) is 52.7 Å². The average Bonchev–Trinajstić information content (AvgIpc) is 3.36. The summed E-state index contributed by atoms with van der Waals surface area (Å²) in [6, 6.07) is 22.8. The fourth-order valence-corrected chi connectivity index (χ4v) is 24.7. The summed E-state index contributed by atoms with van der Waals surface area (Å²) in [6.07, 6.45) is 0. The average molecular weight is 484 g/mol. The minimum absolute atomic E-state index is 0.202. The van der Waals surface area contributed by atoms with Crippen LogP contribution in [0.4, 0.5) is 0 Å². The monoisotopic (exact) mass is 484 g/mol. The van der Waals surface area contributed by atoms with Crippen molar-refractivity contribution in [1.29, 1.82) is 0 Å². The van der Waals surface area contributed by atoms with Gasteiger partial charge in [-0.15, -0.1) is 0 Å². The van der Waals surface area contributed by atoms with Gasteiger partial charge < -0.3 is 0 Å². The van der Waals surface area contributed by atoms with Crippen LogP contribution in [0.25, 0.3) is 11.0 Å². The summed E-state index contributed by atoms with van der Waals surface area (Å²) in [6.45, 7) is 32.6. The van der Waals surface area contributed by atoms with Crippen LogP contribution in [0.5, 0.6) is 0 Å². The van der Waals surface area contributed by atoms with Crippen LogP contribution in [0.15, 0.2) is 60.7 Å². The van der Waals surface area contributed by atoms with Gasteiger partial charge in [0.05, 0.1) is 0 Å². The Morgan fingerprint density at radius 2 is 1.00 bits per heavy atom. The lowest BCUT2D eigenvalue weighted by molar-refractivity contribution is 0.717. The summed E-state index contributed by atoms with van der Waals surface area (Å²) in [5, 5.41) is 0.727. The lowest BCUT2D eigenvalue weighted by Crippen LogP contribution is -2.55. The third kappa shape index (κ3) is 3.23. The van der Waals surface area contributed by atoms with E-state index in [4.69, 9.17) is 0 Å². The second-order valence-corrected chi connectivity index (χ2v) is 26.4. The normalized spacial score (nSPS) is 22.8. The number of benzene rings is 2. The van der Waals surface area contributed by atoms with Crippen molar-refractivity contribution in [1.82, 2.24) is 0 Å². The molecule has 2 aromatic carbocycles. The van der Waals surface area contributed by atoms with E-state index in [2.05, 4.69) is 141 Å². The van der Waals surface area contributed by atoms with E-state index < -0.39 is 16.1 Å². The van der Waals surface area contributed by atoms with Crippen LogP contribution in [-0.4, -0.2) is 29.6 Å². The predicted molar refractivity (Wildman–Crippen MR) is 163 cm³/mol. The maximum absolute atomic E-state index is 2.70. The highest BCUT2D eigenvalue weighted by Gasteiger charge is 2.93. The molecule has 4 rings (SSSR count). The molecule has 0 nitrogen and oxygen atoms in total. The Bertz CT molecular complexity index is 1080. The van der Waals surface area contributed by atoms with E-state index in [0.717, 1.165) is 6.71 Å². The van der Waals surface area contributed by atoms with E-state index in [1.807, 2.05) is 0 Å². The van der Waals surface area contributed by atoms with Gasteiger partial charge in [0.25, 0.3) is 0 Å². The van der Waals surface area contributed by atoms with Crippen molar-refractivity contribution in [2.24, 2.45) is 0 Å². The zero-order valence-electron chi connectivity index (χ0n) is 23.9. The van der Waals surface area contributed by atoms with Crippen molar-refractivity contribution in [3.05, 3.63) is 71.8 Å². The van der Waals surface area contributed by atoms with E-state index in [1.165, 1.54) is 11.1 Å². The van der Waals surface area contributed by atoms with Crippen molar-refractivity contribution < 1.29 is 0 Å². The molecule has 0 aliphatic carbocycles. The molecule has 2 aromatic rings. The Kier molecular flexibility index (Phi) is 5.79. The Morgan fingerprint density at radius 1 is 0.588 bits per heavy atom. The highest BCUT2D eigenvalue weighted by atomic mass is 28.4. The Morgan fingerprint density at radius 3 is 1.32 bits per heavy atom. The standard InChI is InChI=1S/C30H46B2Si2/c1-27(2,3)31-26(24-21-17-14-18-22-24)25(23-19-15-13-16-20-23)29(31)30(33(7,8)9,34(10,11)12)32(29)28(4,5)6/h13-22H,1-12H3. The van der Waals surface area contributed by atoms with Crippen LogP contribution in [-0.2, 0) is 0 Å². The summed E-state index contributed by atoms with van der Waals surface area (Å²) >= 11 is 0. The van der Waals surface area contributed by atoms with Gasteiger partial charge in [-0.3, -0.25) is 0 Å². The van der Waals surface area contributed by atoms with Crippen molar-refractivity contribution in [3.8, 4) is 0 Å². The van der Waals surface area contributed by atoms with Crippen LogP contribution in [0, 0.1) is 0 Å². The van der Waals surface area contributed by atoms with Gasteiger partial charge in [0.2, 0.25) is 0 Å². The first-order chi connectivity index (χ1) is 15.4. The second kappa shape index (κ2) is 7.62. The molecule has 0 radical (unpaired) electrons. The van der Waals surface area contributed by atoms with Crippen molar-refractivity contribution in [2.75, 3.05) is 0 Å². The Labute approximate surface area is 213 Å². The highest BCUT2D eigenvalue weighted by molar-refractivity contribution is 7.30. The first kappa shape index (κ1) is 25.8. The van der Waals surface area contributed by atoms with Gasteiger partial charge >= 0.3 is 0 Å². The zero-order chi connectivity index (χ0) is 25.5. The van der Waals surface area contributed by atoms with E-state index >= 15 is 0 Å². The summed E-state index contributed by atoms with van der Waals surface area (Å²) < 4.78 is 0.451. The quantitative estimate of drug-likeness (QED) is 0.379. The summed E-state index contributed by atoms with van der Waals surface area (Å²) in [5.41, 5.74) is 6.23. The molecule has 1 fully saturated rings. The molecule has 180 valence electrons. The lowest BCUT2D eigenvalue weighted by atomic mass is 9.09. The Balaban J connectivity index is 2.20. The molecular formula is C30H46B2Si2. The van der Waals surface area contributed by atoms with E-state index in [0.29, 0.717) is 11.3 Å². The summed E-state index contributed by atoms with van der Waals surface area (Å²) in [4.78, 5) is 0. The molecule has 1 spiro atoms. The van der Waals surface area contributed by atoms with E-state index in [1.54, 1.807) is 11.0 Å². The minimum atomic E-state index is -1.59. The van der Waals surface area contributed by atoms with Crippen LogP contribution < -0.4 is 0 Å². The SMILES string of the molecule is CC(C)(C)B1C(c2ccccc2)=C(c2ccccc2)C12B(C(C)(C)C)C2([Si](C)(C)C)[Si](C)(C)C. The van der Waals surface area contributed by atoms with Crippen molar-refractivity contribution in [2.45, 2.75) is 101 Å². The molecule has 1 atom stereocenters. The number of rotatable bonds is 4. The van der Waals surface area contributed by atoms with Gasteiger partial charge in [-0.1, -0.05) is 168 Å². The molecule has 0 aromatic heterocycles. The molecular weight excluding hydrogens is 438 g/mol. The maximum Gasteiger partial charge on any atom is 0.185 e. The predicted octanol–water partition coefficient (Wildman–Crippen LogP) is 9.53. The molecule has 1 unspecified atom stereocenters. The molecule has 0 bridgehead atoms. The van der Waals surface area contributed by atoms with Gasteiger partial charge in [-0.05, 0) is 16.3 Å². The smallest absolute Gasteiger partial charge is 0.0699 e. The Hall–Kier alpha value is -1.26. The molecule has 4 heteroatoms. The van der Waals surface area contributed by atoms with Crippen LogP contribution >= 0.6 is 0 Å². The fourth-order valence-electron chi connectivity index (χ4n) is 9.50. The number of allylic oxidation sites excluding steroid dienone is 1. The largest absolute Gasteiger partial charge is 0.185 e. The molecule has 2 aliphatic heterocycles. The molecule has 2 aliphatic rings. The molecule has 2 heterocycles. The maximum atomic E-state index is 2.70. The topological polar surface area (TPSA) is 0 Å².